The van der Waals surface area contributed by atoms with Crippen molar-refractivity contribution in [3.05, 3.63) is 88.4 Å². The van der Waals surface area contributed by atoms with Crippen molar-refractivity contribution in [3.63, 3.8) is 0 Å². The molecule has 0 fully saturated rings. The molecule has 0 spiro atoms. The van der Waals surface area contributed by atoms with E-state index < -0.39 is 0 Å². The lowest BCUT2D eigenvalue weighted by Gasteiger charge is -2.22. The van der Waals surface area contributed by atoms with Gasteiger partial charge >= 0.3 is 0 Å². The standard InChI is InChI=1S/C24H20BrN3O2/c1-16-6-8-17(9-7-16)21-14-24(30)28(22-5-3-2-4-20(22)27-21)15-23(29)26-19-12-10-18(25)11-13-19/h2-13H,14-15H2,1H3,(H,26,29). The van der Waals surface area contributed by atoms with Crippen molar-refractivity contribution in [2.45, 2.75) is 13.3 Å². The fraction of sp³-hybridized carbons (Fsp3) is 0.125. The van der Waals surface area contributed by atoms with Crippen molar-refractivity contribution in [3.8, 4) is 0 Å². The first-order valence-corrected chi connectivity index (χ1v) is 10.4. The second-order valence-corrected chi connectivity index (χ2v) is 8.04. The molecule has 5 nitrogen and oxygen atoms in total. The summed E-state index contributed by atoms with van der Waals surface area (Å²) in [4.78, 5) is 32.1. The molecular weight excluding hydrogens is 442 g/mol. The van der Waals surface area contributed by atoms with Crippen molar-refractivity contribution in [2.75, 3.05) is 16.8 Å². The molecule has 6 heteroatoms. The van der Waals surface area contributed by atoms with E-state index in [0.717, 1.165) is 15.6 Å². The molecule has 2 amide bonds. The number of amides is 2. The van der Waals surface area contributed by atoms with Crippen LogP contribution in [0.4, 0.5) is 17.1 Å². The Morgan fingerprint density at radius 3 is 2.47 bits per heavy atom. The molecule has 150 valence electrons. The number of fused-ring (bicyclic) bond motifs is 1. The predicted molar refractivity (Wildman–Crippen MR) is 124 cm³/mol. The van der Waals surface area contributed by atoms with Gasteiger partial charge in [-0.05, 0) is 48.9 Å². The van der Waals surface area contributed by atoms with Gasteiger partial charge in [0.1, 0.15) is 6.54 Å². The number of hydrogen-bond donors (Lipinski definition) is 1. The van der Waals surface area contributed by atoms with Crippen LogP contribution >= 0.6 is 15.9 Å². The molecule has 1 aliphatic heterocycles. The van der Waals surface area contributed by atoms with Gasteiger partial charge in [-0.15, -0.1) is 0 Å². The maximum absolute atomic E-state index is 13.1. The second-order valence-electron chi connectivity index (χ2n) is 7.12. The number of rotatable bonds is 4. The van der Waals surface area contributed by atoms with Crippen LogP contribution in [0.15, 0.2) is 82.3 Å². The molecule has 4 rings (SSSR count). The fourth-order valence-electron chi connectivity index (χ4n) is 3.31. The Morgan fingerprint density at radius 2 is 1.73 bits per heavy atom. The topological polar surface area (TPSA) is 61.8 Å². The maximum atomic E-state index is 13.1. The van der Waals surface area contributed by atoms with Crippen LogP contribution < -0.4 is 10.2 Å². The van der Waals surface area contributed by atoms with Crippen molar-refractivity contribution in [1.29, 1.82) is 0 Å². The number of halogens is 1. The van der Waals surface area contributed by atoms with E-state index in [4.69, 9.17) is 4.99 Å². The normalized spacial score (nSPS) is 13.3. The number of benzene rings is 3. The largest absolute Gasteiger partial charge is 0.325 e. The van der Waals surface area contributed by atoms with Gasteiger partial charge in [-0.2, -0.15) is 0 Å². The molecule has 0 saturated carbocycles. The van der Waals surface area contributed by atoms with Gasteiger partial charge in [0.15, 0.2) is 0 Å². The number of para-hydroxylation sites is 2. The minimum atomic E-state index is -0.265. The zero-order valence-corrected chi connectivity index (χ0v) is 18.0. The van der Waals surface area contributed by atoms with E-state index in [0.29, 0.717) is 22.8 Å². The first-order chi connectivity index (χ1) is 14.5. The molecule has 1 heterocycles. The Morgan fingerprint density at radius 1 is 1.03 bits per heavy atom. The lowest BCUT2D eigenvalue weighted by atomic mass is 10.1. The number of carbonyl (C=O) groups excluding carboxylic acids is 2. The highest BCUT2D eigenvalue weighted by molar-refractivity contribution is 9.10. The summed E-state index contributed by atoms with van der Waals surface area (Å²) in [6.45, 7) is 1.94. The Labute approximate surface area is 183 Å². The smallest absolute Gasteiger partial charge is 0.244 e. The maximum Gasteiger partial charge on any atom is 0.244 e. The van der Waals surface area contributed by atoms with Crippen LogP contribution in [0.25, 0.3) is 0 Å². The number of aliphatic imine (C=N–C) groups is 1. The number of nitrogens with one attached hydrogen (secondary N) is 1. The molecule has 0 atom stereocenters. The number of nitrogens with zero attached hydrogens (tertiary/aromatic N) is 2. The molecule has 3 aromatic carbocycles. The zero-order valence-electron chi connectivity index (χ0n) is 16.4. The van der Waals surface area contributed by atoms with Gasteiger partial charge in [0, 0.05) is 10.2 Å². The number of anilines is 2. The highest BCUT2D eigenvalue weighted by Gasteiger charge is 2.26. The van der Waals surface area contributed by atoms with Crippen LogP contribution in [0.5, 0.6) is 0 Å². The second kappa shape index (κ2) is 8.63. The third kappa shape index (κ3) is 4.49. The SMILES string of the molecule is Cc1ccc(C2=Nc3ccccc3N(CC(=O)Nc3ccc(Br)cc3)C(=O)C2)cc1. The van der Waals surface area contributed by atoms with Gasteiger partial charge in [0.25, 0.3) is 0 Å². The van der Waals surface area contributed by atoms with E-state index in [-0.39, 0.29) is 24.8 Å². The summed E-state index contributed by atoms with van der Waals surface area (Å²) >= 11 is 3.38. The van der Waals surface area contributed by atoms with Gasteiger partial charge in [-0.3, -0.25) is 14.6 Å². The summed E-state index contributed by atoms with van der Waals surface area (Å²) in [7, 11) is 0. The van der Waals surface area contributed by atoms with E-state index in [1.807, 2.05) is 67.6 Å². The first kappa shape index (κ1) is 20.0. The summed E-state index contributed by atoms with van der Waals surface area (Å²) in [5.41, 5.74) is 4.74. The molecule has 0 aliphatic carbocycles. The van der Waals surface area contributed by atoms with Gasteiger partial charge in [-0.1, -0.05) is 57.9 Å². The minimum Gasteiger partial charge on any atom is -0.325 e. The average molecular weight is 462 g/mol. The molecule has 3 aromatic rings. The van der Waals surface area contributed by atoms with E-state index in [1.54, 1.807) is 12.1 Å². The highest BCUT2D eigenvalue weighted by atomic mass is 79.9. The molecule has 1 aliphatic rings. The average Bonchev–Trinajstić information content (AvgIpc) is 2.87. The molecule has 0 aromatic heterocycles. The van der Waals surface area contributed by atoms with Crippen LogP contribution in [-0.4, -0.2) is 24.1 Å². The van der Waals surface area contributed by atoms with Crippen LogP contribution in [0.2, 0.25) is 0 Å². The number of carbonyl (C=O) groups is 2. The molecule has 0 unspecified atom stereocenters. The quantitative estimate of drug-likeness (QED) is 0.576. The third-order valence-electron chi connectivity index (χ3n) is 4.86. The third-order valence-corrected chi connectivity index (χ3v) is 5.39. The summed E-state index contributed by atoms with van der Waals surface area (Å²) in [5, 5.41) is 2.85. The van der Waals surface area contributed by atoms with E-state index in [2.05, 4.69) is 21.2 Å². The van der Waals surface area contributed by atoms with Gasteiger partial charge in [-0.25, -0.2) is 0 Å². The molecular formula is C24H20BrN3O2. The monoisotopic (exact) mass is 461 g/mol. The fourth-order valence-corrected chi connectivity index (χ4v) is 3.57. The van der Waals surface area contributed by atoms with Crippen molar-refractivity contribution in [1.82, 2.24) is 0 Å². The first-order valence-electron chi connectivity index (χ1n) is 9.59. The van der Waals surface area contributed by atoms with Gasteiger partial charge < -0.3 is 10.2 Å². The highest BCUT2D eigenvalue weighted by Crippen LogP contribution is 2.33. The summed E-state index contributed by atoms with van der Waals surface area (Å²) in [6, 6.07) is 22.7. The van der Waals surface area contributed by atoms with Crippen molar-refractivity contribution >= 4 is 50.5 Å². The zero-order chi connectivity index (χ0) is 21.1. The molecule has 1 N–H and O–H groups in total. The van der Waals surface area contributed by atoms with Crippen LogP contribution in [0.3, 0.4) is 0 Å². The molecule has 0 saturated heterocycles. The number of aryl methyl sites for hydroxylation is 1. The van der Waals surface area contributed by atoms with E-state index in [1.165, 1.54) is 4.90 Å². The summed E-state index contributed by atoms with van der Waals surface area (Å²) in [6.07, 6.45) is 0.128. The Hall–Kier alpha value is -3.25. The van der Waals surface area contributed by atoms with Crippen LogP contribution in [0, 0.1) is 6.92 Å². The van der Waals surface area contributed by atoms with Crippen molar-refractivity contribution < 1.29 is 9.59 Å². The summed E-state index contributed by atoms with van der Waals surface area (Å²) < 4.78 is 0.929. The summed E-state index contributed by atoms with van der Waals surface area (Å²) in [5.74, 6) is -0.426. The minimum absolute atomic E-state index is 0.0807. The molecule has 0 radical (unpaired) electrons. The Balaban J connectivity index is 1.60. The van der Waals surface area contributed by atoms with Gasteiger partial charge in [0.05, 0.1) is 23.5 Å². The van der Waals surface area contributed by atoms with E-state index >= 15 is 0 Å². The Bertz CT molecular complexity index is 1120. The van der Waals surface area contributed by atoms with E-state index in [9.17, 15) is 9.59 Å². The predicted octanol–water partition coefficient (Wildman–Crippen LogP) is 5.25. The lowest BCUT2D eigenvalue weighted by molar-refractivity contribution is -0.120. The Kier molecular flexibility index (Phi) is 5.77. The molecule has 0 bridgehead atoms. The molecule has 30 heavy (non-hydrogen) atoms. The van der Waals surface area contributed by atoms with Crippen LogP contribution in [0.1, 0.15) is 17.5 Å². The van der Waals surface area contributed by atoms with Gasteiger partial charge in [0.2, 0.25) is 11.8 Å². The number of hydrogen-bond acceptors (Lipinski definition) is 3. The van der Waals surface area contributed by atoms with Crippen LogP contribution in [-0.2, 0) is 9.59 Å². The lowest BCUT2D eigenvalue weighted by Crippen LogP contribution is -2.38. The van der Waals surface area contributed by atoms with Crippen molar-refractivity contribution in [2.24, 2.45) is 4.99 Å².